The van der Waals surface area contributed by atoms with Crippen molar-refractivity contribution in [2.75, 3.05) is 13.2 Å². The summed E-state index contributed by atoms with van der Waals surface area (Å²) in [6.07, 6.45) is 1.70. The monoisotopic (exact) mass is 398 g/mol. The van der Waals surface area contributed by atoms with Crippen LogP contribution in [-0.4, -0.2) is 41.9 Å². The average molecular weight is 398 g/mol. The Kier molecular flexibility index (Phi) is 6.59. The van der Waals surface area contributed by atoms with Gasteiger partial charge in [-0.05, 0) is 38.0 Å². The largest absolute Gasteiger partial charge is 0.454 e. The van der Waals surface area contributed by atoms with Crippen molar-refractivity contribution in [1.29, 1.82) is 0 Å². The molecule has 7 heteroatoms. The van der Waals surface area contributed by atoms with Crippen molar-refractivity contribution in [3.63, 3.8) is 0 Å². The lowest BCUT2D eigenvalue weighted by molar-refractivity contribution is -0.151. The summed E-state index contributed by atoms with van der Waals surface area (Å²) in [5.74, 6) is -1.85. The van der Waals surface area contributed by atoms with Gasteiger partial charge in [-0.2, -0.15) is 0 Å². The van der Waals surface area contributed by atoms with Gasteiger partial charge >= 0.3 is 5.97 Å². The summed E-state index contributed by atoms with van der Waals surface area (Å²) in [4.78, 5) is 38.0. The lowest BCUT2D eigenvalue weighted by Gasteiger charge is -2.22. The number of nitrogens with zero attached hydrogens (tertiary/aromatic N) is 1. The fourth-order valence-corrected chi connectivity index (χ4v) is 2.93. The molecule has 1 aliphatic carbocycles. The molecule has 0 spiro atoms. The molecule has 0 heterocycles. The van der Waals surface area contributed by atoms with Crippen LogP contribution in [0.15, 0.2) is 48.5 Å². The van der Waals surface area contributed by atoms with E-state index in [1.54, 1.807) is 36.4 Å². The number of rotatable bonds is 8. The van der Waals surface area contributed by atoms with Crippen molar-refractivity contribution in [3.05, 3.63) is 71.0 Å². The van der Waals surface area contributed by atoms with Crippen LogP contribution >= 0.6 is 0 Å². The highest BCUT2D eigenvalue weighted by atomic mass is 19.1. The summed E-state index contributed by atoms with van der Waals surface area (Å²) in [7, 11) is 0. The third-order valence-corrected chi connectivity index (χ3v) is 4.64. The van der Waals surface area contributed by atoms with E-state index in [1.807, 2.05) is 13.0 Å². The fraction of sp³-hybridized carbons (Fsp3) is 0.318. The van der Waals surface area contributed by atoms with Crippen LogP contribution in [0.2, 0.25) is 0 Å². The van der Waals surface area contributed by atoms with E-state index in [-0.39, 0.29) is 30.9 Å². The lowest BCUT2D eigenvalue weighted by atomic mass is 10.1. The number of aryl methyl sites for hydroxylation is 1. The van der Waals surface area contributed by atoms with E-state index in [4.69, 9.17) is 4.74 Å². The van der Waals surface area contributed by atoms with Crippen LogP contribution < -0.4 is 5.32 Å². The summed E-state index contributed by atoms with van der Waals surface area (Å²) in [5.41, 5.74) is 1.80. The SMILES string of the molecule is Cc1cccc(C(=O)NCC(=O)OCC(=O)N(Cc2ccccc2F)C2CC2)c1. The van der Waals surface area contributed by atoms with Gasteiger partial charge in [0.25, 0.3) is 11.8 Å². The van der Waals surface area contributed by atoms with Gasteiger partial charge in [0.2, 0.25) is 0 Å². The third-order valence-electron chi connectivity index (χ3n) is 4.64. The quantitative estimate of drug-likeness (QED) is 0.694. The number of nitrogens with one attached hydrogen (secondary N) is 1. The first-order chi connectivity index (χ1) is 13.9. The molecule has 0 aromatic heterocycles. The molecule has 3 rings (SSSR count). The first-order valence-electron chi connectivity index (χ1n) is 9.47. The zero-order valence-corrected chi connectivity index (χ0v) is 16.2. The standard InChI is InChI=1S/C22H23FN2O4/c1-15-5-4-7-16(11-15)22(28)24-12-21(27)29-14-20(26)25(18-9-10-18)13-17-6-2-3-8-19(17)23/h2-8,11,18H,9-10,12-14H2,1H3,(H,24,28). The van der Waals surface area contributed by atoms with Gasteiger partial charge in [0.1, 0.15) is 12.4 Å². The Morgan fingerprint density at radius 3 is 2.59 bits per heavy atom. The van der Waals surface area contributed by atoms with Crippen LogP contribution in [-0.2, 0) is 20.9 Å². The van der Waals surface area contributed by atoms with Crippen LogP contribution in [0.25, 0.3) is 0 Å². The normalized spacial score (nSPS) is 12.9. The molecule has 0 atom stereocenters. The molecule has 2 amide bonds. The molecule has 6 nitrogen and oxygen atoms in total. The number of hydrogen-bond acceptors (Lipinski definition) is 4. The minimum absolute atomic E-state index is 0.0434. The zero-order chi connectivity index (χ0) is 20.8. The Morgan fingerprint density at radius 1 is 1.14 bits per heavy atom. The molecule has 0 bridgehead atoms. The lowest BCUT2D eigenvalue weighted by Crippen LogP contribution is -2.37. The number of amides is 2. The third kappa shape index (κ3) is 5.88. The van der Waals surface area contributed by atoms with Gasteiger partial charge in [0, 0.05) is 23.7 Å². The highest BCUT2D eigenvalue weighted by molar-refractivity contribution is 5.96. The summed E-state index contributed by atoms with van der Waals surface area (Å²) in [6.45, 7) is 1.22. The number of halogens is 1. The predicted octanol–water partition coefficient (Wildman–Crippen LogP) is 2.60. The van der Waals surface area contributed by atoms with Gasteiger partial charge in [-0.25, -0.2) is 4.39 Å². The van der Waals surface area contributed by atoms with Crippen LogP contribution in [0.5, 0.6) is 0 Å². The molecular formula is C22H23FN2O4. The van der Waals surface area contributed by atoms with Crippen molar-refractivity contribution >= 4 is 17.8 Å². The molecule has 2 aromatic rings. The van der Waals surface area contributed by atoms with E-state index in [0.29, 0.717) is 11.1 Å². The zero-order valence-electron chi connectivity index (χ0n) is 16.2. The number of ether oxygens (including phenoxy) is 1. The Balaban J connectivity index is 1.47. The van der Waals surface area contributed by atoms with Crippen molar-refractivity contribution < 1.29 is 23.5 Å². The first-order valence-corrected chi connectivity index (χ1v) is 9.47. The van der Waals surface area contributed by atoms with Crippen LogP contribution in [0.1, 0.15) is 34.3 Å². The number of esters is 1. The number of benzene rings is 2. The molecule has 0 radical (unpaired) electrons. The highest BCUT2D eigenvalue weighted by Crippen LogP contribution is 2.29. The van der Waals surface area contributed by atoms with E-state index in [9.17, 15) is 18.8 Å². The topological polar surface area (TPSA) is 75.7 Å². The summed E-state index contributed by atoms with van der Waals surface area (Å²) in [5, 5.41) is 2.47. The molecule has 1 aliphatic rings. The fourth-order valence-electron chi connectivity index (χ4n) is 2.93. The Bertz CT molecular complexity index is 911. The van der Waals surface area contributed by atoms with Crippen molar-refractivity contribution in [2.24, 2.45) is 0 Å². The second kappa shape index (κ2) is 9.32. The number of carbonyl (C=O) groups excluding carboxylic acids is 3. The summed E-state index contributed by atoms with van der Waals surface area (Å²) < 4.78 is 18.9. The second-order valence-corrected chi connectivity index (χ2v) is 7.06. The molecular weight excluding hydrogens is 375 g/mol. The molecule has 152 valence electrons. The second-order valence-electron chi connectivity index (χ2n) is 7.06. The first kappa shape index (κ1) is 20.5. The molecule has 1 saturated carbocycles. The maximum absolute atomic E-state index is 13.9. The van der Waals surface area contributed by atoms with Gasteiger partial charge in [-0.15, -0.1) is 0 Å². The number of carbonyl (C=O) groups is 3. The van der Waals surface area contributed by atoms with Gasteiger partial charge in [-0.3, -0.25) is 14.4 Å². The molecule has 0 saturated heterocycles. The van der Waals surface area contributed by atoms with E-state index in [1.165, 1.54) is 11.0 Å². The highest BCUT2D eigenvalue weighted by Gasteiger charge is 2.33. The van der Waals surface area contributed by atoms with Gasteiger partial charge in [0.05, 0.1) is 0 Å². The van der Waals surface area contributed by atoms with Gasteiger partial charge in [-0.1, -0.05) is 35.9 Å². The van der Waals surface area contributed by atoms with Crippen molar-refractivity contribution in [3.8, 4) is 0 Å². The Hall–Kier alpha value is -3.22. The van der Waals surface area contributed by atoms with E-state index in [0.717, 1.165) is 18.4 Å². The Morgan fingerprint density at radius 2 is 1.90 bits per heavy atom. The molecule has 1 N–H and O–H groups in total. The minimum Gasteiger partial charge on any atom is -0.454 e. The number of hydrogen-bond donors (Lipinski definition) is 1. The van der Waals surface area contributed by atoms with Gasteiger partial charge < -0.3 is 15.0 Å². The molecule has 2 aromatic carbocycles. The molecule has 0 unspecified atom stereocenters. The Labute approximate surface area is 168 Å². The van der Waals surface area contributed by atoms with Crippen LogP contribution in [0.3, 0.4) is 0 Å². The molecule has 0 aliphatic heterocycles. The van der Waals surface area contributed by atoms with Crippen LogP contribution in [0.4, 0.5) is 4.39 Å². The summed E-state index contributed by atoms with van der Waals surface area (Å²) >= 11 is 0. The van der Waals surface area contributed by atoms with E-state index < -0.39 is 18.5 Å². The molecule has 1 fully saturated rings. The van der Waals surface area contributed by atoms with Gasteiger partial charge in [0.15, 0.2) is 6.61 Å². The predicted molar refractivity (Wildman–Crippen MR) is 104 cm³/mol. The maximum atomic E-state index is 13.9. The smallest absolute Gasteiger partial charge is 0.325 e. The van der Waals surface area contributed by atoms with E-state index in [2.05, 4.69) is 5.32 Å². The average Bonchev–Trinajstić information content (AvgIpc) is 3.54. The minimum atomic E-state index is -0.707. The summed E-state index contributed by atoms with van der Waals surface area (Å²) in [6, 6.07) is 13.3. The maximum Gasteiger partial charge on any atom is 0.325 e. The van der Waals surface area contributed by atoms with Crippen molar-refractivity contribution in [2.45, 2.75) is 32.4 Å². The molecule has 29 heavy (non-hydrogen) atoms. The van der Waals surface area contributed by atoms with E-state index >= 15 is 0 Å². The van der Waals surface area contributed by atoms with Crippen LogP contribution in [0, 0.1) is 12.7 Å². The van der Waals surface area contributed by atoms with Crippen molar-refractivity contribution in [1.82, 2.24) is 10.2 Å².